The molecule has 0 spiro atoms. The number of nitrogens with two attached hydrogens (primary N) is 1. The van der Waals surface area contributed by atoms with Gasteiger partial charge in [-0.05, 0) is 26.8 Å². The fourth-order valence-corrected chi connectivity index (χ4v) is 1.45. The summed E-state index contributed by atoms with van der Waals surface area (Å²) in [4.78, 5) is 11.8. The Kier molecular flexibility index (Phi) is 4.65. The largest absolute Gasteiger partial charge is 0.573 e. The first kappa shape index (κ1) is 16.3. The predicted molar refractivity (Wildman–Crippen MR) is 65.9 cm³/mol. The molecule has 4 nitrogen and oxygen atoms in total. The molecule has 2 N–H and O–H groups in total. The van der Waals surface area contributed by atoms with Gasteiger partial charge < -0.3 is 15.2 Å². The van der Waals surface area contributed by atoms with Gasteiger partial charge in [-0.25, -0.2) is 4.79 Å². The summed E-state index contributed by atoms with van der Waals surface area (Å²) in [6, 6.07) is 3.84. The van der Waals surface area contributed by atoms with Crippen LogP contribution in [0.4, 0.5) is 13.2 Å². The van der Waals surface area contributed by atoms with Gasteiger partial charge in [-0.1, -0.05) is 18.2 Å². The minimum Gasteiger partial charge on any atom is -0.459 e. The summed E-state index contributed by atoms with van der Waals surface area (Å²) in [6.45, 7) is 4.90. The number of hydrogen-bond acceptors (Lipinski definition) is 4. The number of carbonyl (C=O) groups excluding carboxylic acids is 1. The van der Waals surface area contributed by atoms with E-state index in [-0.39, 0.29) is 5.56 Å². The molecule has 20 heavy (non-hydrogen) atoms. The van der Waals surface area contributed by atoms with Gasteiger partial charge in [0.1, 0.15) is 17.4 Å². The van der Waals surface area contributed by atoms with Crippen molar-refractivity contribution >= 4 is 5.97 Å². The molecule has 0 aliphatic carbocycles. The van der Waals surface area contributed by atoms with Crippen LogP contribution in [0.5, 0.6) is 5.75 Å². The van der Waals surface area contributed by atoms with Gasteiger partial charge in [0.05, 0.1) is 0 Å². The van der Waals surface area contributed by atoms with Crippen LogP contribution in [0.2, 0.25) is 0 Å². The van der Waals surface area contributed by atoms with Gasteiger partial charge in [-0.3, -0.25) is 0 Å². The van der Waals surface area contributed by atoms with E-state index in [4.69, 9.17) is 10.5 Å². The smallest absolute Gasteiger partial charge is 0.459 e. The van der Waals surface area contributed by atoms with E-state index in [0.29, 0.717) is 0 Å². The topological polar surface area (TPSA) is 61.5 Å². The summed E-state index contributed by atoms with van der Waals surface area (Å²) >= 11 is 0. The van der Waals surface area contributed by atoms with E-state index in [9.17, 15) is 18.0 Å². The summed E-state index contributed by atoms with van der Waals surface area (Å²) in [5, 5.41) is 0. The molecule has 1 atom stereocenters. The Bertz CT molecular complexity index is 480. The molecule has 0 fully saturated rings. The van der Waals surface area contributed by atoms with Gasteiger partial charge >= 0.3 is 12.3 Å². The Morgan fingerprint density at radius 2 is 1.75 bits per heavy atom. The highest BCUT2D eigenvalue weighted by molar-refractivity contribution is 5.78. The minimum atomic E-state index is -4.86. The van der Waals surface area contributed by atoms with E-state index in [2.05, 4.69) is 4.74 Å². The second-order valence-electron chi connectivity index (χ2n) is 5.10. The quantitative estimate of drug-likeness (QED) is 0.870. The number of esters is 1. The Balaban J connectivity index is 2.98. The van der Waals surface area contributed by atoms with Crippen LogP contribution in [0, 0.1) is 0 Å². The van der Waals surface area contributed by atoms with Gasteiger partial charge in [0, 0.05) is 5.56 Å². The molecule has 1 unspecified atom stereocenters. The number of alkyl halides is 3. The number of benzene rings is 1. The molecule has 0 aliphatic rings. The standard InChI is InChI=1S/C13H16F3NO3/c1-12(2,3)20-11(18)10(17)8-6-4-5-7-9(8)19-13(14,15)16/h4-7,10H,17H2,1-3H3. The van der Waals surface area contributed by atoms with E-state index in [1.54, 1.807) is 20.8 Å². The van der Waals surface area contributed by atoms with Crippen LogP contribution in [0.1, 0.15) is 32.4 Å². The summed E-state index contributed by atoms with van der Waals surface area (Å²) in [6.07, 6.45) is -4.86. The summed E-state index contributed by atoms with van der Waals surface area (Å²) in [5.41, 5.74) is 4.78. The lowest BCUT2D eigenvalue weighted by Crippen LogP contribution is -2.32. The van der Waals surface area contributed by atoms with E-state index in [1.165, 1.54) is 18.2 Å². The van der Waals surface area contributed by atoms with Gasteiger partial charge in [0.2, 0.25) is 0 Å². The molecule has 1 aromatic carbocycles. The number of hydrogen-bond donors (Lipinski definition) is 1. The van der Waals surface area contributed by atoms with Crippen molar-refractivity contribution in [2.45, 2.75) is 38.8 Å². The molecule has 0 aliphatic heterocycles. The van der Waals surface area contributed by atoms with Gasteiger partial charge in [-0.15, -0.1) is 13.2 Å². The average molecular weight is 291 g/mol. The second-order valence-corrected chi connectivity index (χ2v) is 5.10. The Labute approximate surface area is 114 Å². The van der Waals surface area contributed by atoms with Crippen LogP contribution < -0.4 is 10.5 Å². The van der Waals surface area contributed by atoms with E-state index in [0.717, 1.165) is 6.07 Å². The third-order valence-corrected chi connectivity index (χ3v) is 2.14. The highest BCUT2D eigenvalue weighted by Crippen LogP contribution is 2.30. The summed E-state index contributed by atoms with van der Waals surface area (Å²) in [5.74, 6) is -1.34. The summed E-state index contributed by atoms with van der Waals surface area (Å²) < 4.78 is 45.7. The van der Waals surface area contributed by atoms with Crippen LogP contribution in [0.3, 0.4) is 0 Å². The van der Waals surface area contributed by atoms with E-state index >= 15 is 0 Å². The monoisotopic (exact) mass is 291 g/mol. The molecular formula is C13H16F3NO3. The first-order valence-electron chi connectivity index (χ1n) is 5.83. The fraction of sp³-hybridized carbons (Fsp3) is 0.462. The Hall–Kier alpha value is -1.76. The SMILES string of the molecule is CC(C)(C)OC(=O)C(N)c1ccccc1OC(F)(F)F. The van der Waals surface area contributed by atoms with Gasteiger partial charge in [0.15, 0.2) is 0 Å². The molecule has 0 saturated carbocycles. The molecule has 1 aromatic rings. The highest BCUT2D eigenvalue weighted by atomic mass is 19.4. The van der Waals surface area contributed by atoms with Crippen LogP contribution in [0.25, 0.3) is 0 Å². The molecule has 0 heterocycles. The second kappa shape index (κ2) is 5.70. The fourth-order valence-electron chi connectivity index (χ4n) is 1.45. The number of carbonyl (C=O) groups is 1. The molecule has 0 radical (unpaired) electrons. The summed E-state index contributed by atoms with van der Waals surface area (Å²) in [7, 11) is 0. The molecule has 0 aromatic heterocycles. The van der Waals surface area contributed by atoms with Crippen molar-refractivity contribution in [2.75, 3.05) is 0 Å². The zero-order chi connectivity index (χ0) is 15.6. The van der Waals surface area contributed by atoms with Crippen LogP contribution in [-0.2, 0) is 9.53 Å². The van der Waals surface area contributed by atoms with Crippen LogP contribution in [0.15, 0.2) is 24.3 Å². The third kappa shape index (κ3) is 5.08. The van der Waals surface area contributed by atoms with E-state index in [1.807, 2.05) is 0 Å². The maximum absolute atomic E-state index is 12.3. The Morgan fingerprint density at radius 1 is 1.20 bits per heavy atom. The molecule has 7 heteroatoms. The number of rotatable bonds is 3. The maximum Gasteiger partial charge on any atom is 0.573 e. The lowest BCUT2D eigenvalue weighted by atomic mass is 10.1. The van der Waals surface area contributed by atoms with Crippen molar-refractivity contribution in [2.24, 2.45) is 5.73 Å². The lowest BCUT2D eigenvalue weighted by Gasteiger charge is -2.23. The van der Waals surface area contributed by atoms with Gasteiger partial charge in [0.25, 0.3) is 0 Å². The average Bonchev–Trinajstić information content (AvgIpc) is 2.24. The van der Waals surface area contributed by atoms with Crippen LogP contribution >= 0.6 is 0 Å². The van der Waals surface area contributed by atoms with Gasteiger partial charge in [-0.2, -0.15) is 0 Å². The number of ether oxygens (including phenoxy) is 2. The molecule has 1 rings (SSSR count). The number of halogens is 3. The molecule has 0 bridgehead atoms. The van der Waals surface area contributed by atoms with Crippen molar-refractivity contribution in [3.63, 3.8) is 0 Å². The predicted octanol–water partition coefficient (Wildman–Crippen LogP) is 2.93. The third-order valence-electron chi connectivity index (χ3n) is 2.14. The first-order chi connectivity index (χ1) is 8.99. The van der Waals surface area contributed by atoms with Crippen molar-refractivity contribution in [3.8, 4) is 5.75 Å². The number of para-hydroxylation sites is 1. The maximum atomic E-state index is 12.3. The Morgan fingerprint density at radius 3 is 2.25 bits per heavy atom. The minimum absolute atomic E-state index is 0.0842. The normalized spacial score (nSPS) is 13.8. The van der Waals surface area contributed by atoms with Crippen molar-refractivity contribution < 1.29 is 27.4 Å². The lowest BCUT2D eigenvalue weighted by molar-refractivity contribution is -0.275. The van der Waals surface area contributed by atoms with Crippen LogP contribution in [-0.4, -0.2) is 17.9 Å². The highest BCUT2D eigenvalue weighted by Gasteiger charge is 2.34. The zero-order valence-electron chi connectivity index (χ0n) is 11.3. The first-order valence-corrected chi connectivity index (χ1v) is 5.83. The molecule has 0 amide bonds. The molecule has 0 saturated heterocycles. The molecule has 112 valence electrons. The van der Waals surface area contributed by atoms with Crippen molar-refractivity contribution in [3.05, 3.63) is 29.8 Å². The van der Waals surface area contributed by atoms with Crippen molar-refractivity contribution in [1.82, 2.24) is 0 Å². The van der Waals surface area contributed by atoms with Crippen molar-refractivity contribution in [1.29, 1.82) is 0 Å². The van der Waals surface area contributed by atoms with E-state index < -0.39 is 29.7 Å². The molecular weight excluding hydrogens is 275 g/mol. The zero-order valence-corrected chi connectivity index (χ0v) is 11.3.